The summed E-state index contributed by atoms with van der Waals surface area (Å²) in [7, 11) is -3.87. The van der Waals surface area contributed by atoms with Crippen LogP contribution in [0.1, 0.15) is 71.6 Å². The van der Waals surface area contributed by atoms with Gasteiger partial charge in [0.2, 0.25) is 0 Å². The van der Waals surface area contributed by atoms with Gasteiger partial charge in [-0.25, -0.2) is 9.55 Å². The second-order valence-corrected chi connectivity index (χ2v) is 11.2. The quantitative estimate of drug-likeness (QED) is 0.404. The first-order chi connectivity index (χ1) is 14.2. The Morgan fingerprint density at radius 2 is 1.68 bits per heavy atom. The smallest absolute Gasteiger partial charge is 0.353 e. The van der Waals surface area contributed by atoms with Gasteiger partial charge in [0.15, 0.2) is 0 Å². The molecule has 1 aromatic heterocycles. The van der Waals surface area contributed by atoms with Crippen LogP contribution in [0, 0.1) is 22.7 Å². The maximum absolute atomic E-state index is 13.4. The summed E-state index contributed by atoms with van der Waals surface area (Å²) in [5.74, 6) is 0.401. The molecule has 1 aromatic rings. The van der Waals surface area contributed by atoms with E-state index in [0.717, 1.165) is 0 Å². The highest BCUT2D eigenvalue weighted by atomic mass is 35.5. The number of halogens is 1. The van der Waals surface area contributed by atoms with Crippen molar-refractivity contribution in [2.75, 3.05) is 18.0 Å². The number of nitrogens with zero attached hydrogens (tertiary/aromatic N) is 4. The summed E-state index contributed by atoms with van der Waals surface area (Å²) < 4.78 is 30.7. The number of rotatable bonds is 6. The molecular formula is C21H30ClN4O4P. The van der Waals surface area contributed by atoms with E-state index in [4.69, 9.17) is 25.2 Å². The van der Waals surface area contributed by atoms with Crippen molar-refractivity contribution in [3.05, 3.63) is 21.8 Å². The number of pyridine rings is 1. The van der Waals surface area contributed by atoms with Gasteiger partial charge in [-0.2, -0.15) is 10.5 Å². The first-order valence-corrected chi connectivity index (χ1v) is 12.0. The van der Waals surface area contributed by atoms with E-state index in [-0.39, 0.29) is 10.7 Å². The van der Waals surface area contributed by atoms with Crippen LogP contribution in [0.25, 0.3) is 0 Å². The minimum Gasteiger partial charge on any atom is -0.353 e. The highest BCUT2D eigenvalue weighted by molar-refractivity contribution is 7.48. The molecule has 0 saturated carbocycles. The van der Waals surface area contributed by atoms with Crippen molar-refractivity contribution < 1.29 is 18.1 Å². The zero-order valence-corrected chi connectivity index (χ0v) is 20.8. The number of anilines is 1. The van der Waals surface area contributed by atoms with Crippen molar-refractivity contribution in [1.29, 1.82) is 10.5 Å². The summed E-state index contributed by atoms with van der Waals surface area (Å²) in [5, 5.41) is 19.2. The molecule has 0 bridgehead atoms. The molecule has 2 heterocycles. The molecule has 8 nitrogen and oxygen atoms in total. The summed E-state index contributed by atoms with van der Waals surface area (Å²) in [6.07, 6.45) is 0.558. The van der Waals surface area contributed by atoms with E-state index in [1.807, 2.05) is 17.9 Å². The van der Waals surface area contributed by atoms with Crippen LogP contribution in [0.2, 0.25) is 5.15 Å². The summed E-state index contributed by atoms with van der Waals surface area (Å²) in [4.78, 5) is 6.17. The van der Waals surface area contributed by atoms with Gasteiger partial charge in [-0.05, 0) is 59.9 Å². The van der Waals surface area contributed by atoms with Gasteiger partial charge >= 0.3 is 7.82 Å². The molecule has 170 valence electrons. The second kappa shape index (κ2) is 9.45. The lowest BCUT2D eigenvalue weighted by atomic mass is 10.0. The fourth-order valence-electron chi connectivity index (χ4n) is 3.32. The van der Waals surface area contributed by atoms with Crippen molar-refractivity contribution in [3.8, 4) is 12.1 Å². The predicted molar refractivity (Wildman–Crippen MR) is 119 cm³/mol. The second-order valence-electron chi connectivity index (χ2n) is 9.35. The van der Waals surface area contributed by atoms with E-state index in [9.17, 15) is 15.1 Å². The molecular weight excluding hydrogens is 439 g/mol. The standard InChI is InChI=1S/C21H30ClN4O4P/c1-8-15-16(11-23)18(22)25-19(17(15)12-24)26-10-9-14(13-26)28-31(27,29-20(2,3)4)30-21(5,6)7/h14H,8-10,13H2,1-7H3/t14-/m0/s1. The number of aromatic nitrogens is 1. The molecule has 31 heavy (non-hydrogen) atoms. The Morgan fingerprint density at radius 3 is 2.13 bits per heavy atom. The van der Waals surface area contributed by atoms with Crippen molar-refractivity contribution >= 4 is 25.2 Å². The normalized spacial score (nSPS) is 17.5. The van der Waals surface area contributed by atoms with Gasteiger partial charge in [-0.3, -0.25) is 13.6 Å². The first kappa shape index (κ1) is 25.6. The van der Waals surface area contributed by atoms with Gasteiger partial charge in [0.25, 0.3) is 0 Å². The van der Waals surface area contributed by atoms with E-state index in [1.54, 1.807) is 41.5 Å². The monoisotopic (exact) mass is 468 g/mol. The minimum atomic E-state index is -3.87. The summed E-state index contributed by atoms with van der Waals surface area (Å²) in [5.41, 5.74) is -0.347. The van der Waals surface area contributed by atoms with Crippen LogP contribution in [0.5, 0.6) is 0 Å². The third-order valence-electron chi connectivity index (χ3n) is 4.31. The summed E-state index contributed by atoms with van der Waals surface area (Å²) in [6.45, 7) is 13.4. The van der Waals surface area contributed by atoms with Gasteiger partial charge in [0.05, 0.1) is 28.4 Å². The van der Waals surface area contributed by atoms with Crippen LogP contribution < -0.4 is 4.90 Å². The molecule has 1 aliphatic rings. The molecule has 0 aliphatic carbocycles. The molecule has 1 aliphatic heterocycles. The number of phosphoric ester groups is 1. The third kappa shape index (κ3) is 6.65. The van der Waals surface area contributed by atoms with E-state index in [2.05, 4.69) is 11.1 Å². The van der Waals surface area contributed by atoms with Crippen molar-refractivity contribution in [2.45, 2.75) is 78.6 Å². The molecule has 1 saturated heterocycles. The van der Waals surface area contributed by atoms with Crippen LogP contribution in [0.4, 0.5) is 5.82 Å². The lowest BCUT2D eigenvalue weighted by Crippen LogP contribution is -2.28. The van der Waals surface area contributed by atoms with Crippen molar-refractivity contribution in [3.63, 3.8) is 0 Å². The van der Waals surface area contributed by atoms with Crippen LogP contribution in [-0.2, 0) is 24.6 Å². The van der Waals surface area contributed by atoms with E-state index < -0.39 is 25.1 Å². The molecule has 1 atom stereocenters. The molecule has 0 amide bonds. The fourth-order valence-corrected chi connectivity index (χ4v) is 5.56. The Balaban J connectivity index is 2.31. The maximum atomic E-state index is 13.4. The Bertz CT molecular complexity index is 937. The average Bonchev–Trinajstić information content (AvgIpc) is 3.04. The Kier molecular flexibility index (Phi) is 7.80. The summed E-state index contributed by atoms with van der Waals surface area (Å²) >= 11 is 6.22. The Hall–Kier alpha value is -1.67. The topological polar surface area (TPSA) is 108 Å². The zero-order valence-electron chi connectivity index (χ0n) is 19.2. The van der Waals surface area contributed by atoms with Crippen LogP contribution in [0.15, 0.2) is 0 Å². The summed E-state index contributed by atoms with van der Waals surface area (Å²) in [6, 6.07) is 4.19. The number of hydrogen-bond acceptors (Lipinski definition) is 8. The van der Waals surface area contributed by atoms with E-state index in [0.29, 0.717) is 42.9 Å². The predicted octanol–water partition coefficient (Wildman–Crippen LogP) is 5.37. The number of phosphoric acid groups is 1. The molecule has 10 heteroatoms. The molecule has 1 fully saturated rings. The first-order valence-electron chi connectivity index (χ1n) is 10.2. The third-order valence-corrected chi connectivity index (χ3v) is 6.68. The Labute approximate surface area is 189 Å². The number of nitriles is 2. The van der Waals surface area contributed by atoms with Crippen molar-refractivity contribution in [1.82, 2.24) is 4.98 Å². The van der Waals surface area contributed by atoms with E-state index >= 15 is 0 Å². The van der Waals surface area contributed by atoms with Gasteiger partial charge in [-0.15, -0.1) is 0 Å². The van der Waals surface area contributed by atoms with Crippen LogP contribution in [-0.4, -0.2) is 35.4 Å². The lowest BCUT2D eigenvalue weighted by Gasteiger charge is -2.32. The van der Waals surface area contributed by atoms with Gasteiger partial charge in [0, 0.05) is 13.1 Å². The molecule has 0 N–H and O–H groups in total. The highest BCUT2D eigenvalue weighted by Crippen LogP contribution is 2.57. The molecule has 2 rings (SSSR count). The fraction of sp³-hybridized carbons (Fsp3) is 0.667. The zero-order chi connectivity index (χ0) is 23.6. The largest absolute Gasteiger partial charge is 0.476 e. The van der Waals surface area contributed by atoms with Gasteiger partial charge in [0.1, 0.15) is 23.1 Å². The van der Waals surface area contributed by atoms with Gasteiger partial charge < -0.3 is 4.90 Å². The molecule has 0 aromatic carbocycles. The average molecular weight is 469 g/mol. The SMILES string of the molecule is CCc1c(C#N)c(Cl)nc(N2CC[C@H](OP(=O)(OC(C)(C)C)OC(C)(C)C)C2)c1C#N. The van der Waals surface area contributed by atoms with E-state index in [1.165, 1.54) is 0 Å². The minimum absolute atomic E-state index is 0.0653. The van der Waals surface area contributed by atoms with Crippen molar-refractivity contribution in [2.24, 2.45) is 0 Å². The molecule has 0 radical (unpaired) electrons. The molecule has 0 spiro atoms. The Morgan fingerprint density at radius 1 is 1.13 bits per heavy atom. The lowest BCUT2D eigenvalue weighted by molar-refractivity contribution is -0.00772. The van der Waals surface area contributed by atoms with Crippen LogP contribution >= 0.6 is 19.4 Å². The van der Waals surface area contributed by atoms with Gasteiger partial charge in [-0.1, -0.05) is 18.5 Å². The molecule has 0 unspecified atom stereocenters. The van der Waals surface area contributed by atoms with Crippen LogP contribution in [0.3, 0.4) is 0 Å². The highest BCUT2D eigenvalue weighted by Gasteiger charge is 2.41. The number of hydrogen-bond donors (Lipinski definition) is 0. The maximum Gasteiger partial charge on any atom is 0.476 e.